The van der Waals surface area contributed by atoms with Gasteiger partial charge in [0.1, 0.15) is 6.10 Å². The molecule has 0 spiro atoms. The Morgan fingerprint density at radius 2 is 1.10 bits per heavy atom. The highest BCUT2D eigenvalue weighted by atomic mass is 16.5. The number of rotatable bonds is 20. The number of carbonyl (C=O) groups excluding carboxylic acids is 1. The molecular formula is C27H50O3. The van der Waals surface area contributed by atoms with E-state index in [4.69, 9.17) is 9.47 Å². The van der Waals surface area contributed by atoms with Crippen LogP contribution in [0.2, 0.25) is 0 Å². The Hall–Kier alpha value is -0.830. The van der Waals surface area contributed by atoms with Crippen LogP contribution >= 0.6 is 0 Å². The molecule has 1 aliphatic carbocycles. The van der Waals surface area contributed by atoms with Gasteiger partial charge in [-0.25, -0.2) is 4.79 Å². The number of hydrogen-bond acceptors (Lipinski definition) is 3. The van der Waals surface area contributed by atoms with Gasteiger partial charge in [0.15, 0.2) is 0 Å². The molecule has 0 N–H and O–H groups in total. The largest absolute Gasteiger partial charge is 0.459 e. The van der Waals surface area contributed by atoms with E-state index in [9.17, 15) is 4.79 Å². The van der Waals surface area contributed by atoms with Gasteiger partial charge in [0, 0.05) is 12.7 Å². The number of ether oxygens (including phenoxy) is 2. The van der Waals surface area contributed by atoms with Crippen molar-refractivity contribution in [3.05, 3.63) is 12.7 Å². The quantitative estimate of drug-likeness (QED) is 0.112. The zero-order valence-corrected chi connectivity index (χ0v) is 20.0. The van der Waals surface area contributed by atoms with Gasteiger partial charge >= 0.3 is 5.97 Å². The average Bonchev–Trinajstić information content (AvgIpc) is 2.77. The molecule has 0 saturated heterocycles. The van der Waals surface area contributed by atoms with Gasteiger partial charge in [0.25, 0.3) is 0 Å². The number of hydrogen-bond donors (Lipinski definition) is 0. The topological polar surface area (TPSA) is 35.5 Å². The molecule has 3 heteroatoms. The van der Waals surface area contributed by atoms with E-state index in [2.05, 4.69) is 13.5 Å². The molecule has 0 aromatic rings. The number of unbranched alkanes of at least 4 members (excludes halogenated alkanes) is 15. The fourth-order valence-corrected chi connectivity index (χ4v) is 4.43. The summed E-state index contributed by atoms with van der Waals surface area (Å²) in [6.45, 7) is 6.63. The van der Waals surface area contributed by atoms with Crippen LogP contribution in [0.3, 0.4) is 0 Å². The Bertz CT molecular complexity index is 399. The minimum absolute atomic E-state index is 0.0610. The zero-order chi connectivity index (χ0) is 21.7. The van der Waals surface area contributed by atoms with Crippen molar-refractivity contribution in [2.75, 3.05) is 6.61 Å². The number of carbonyl (C=O) groups is 1. The molecule has 1 fully saturated rings. The van der Waals surface area contributed by atoms with E-state index in [-0.39, 0.29) is 12.1 Å². The van der Waals surface area contributed by atoms with Crippen LogP contribution in [0, 0.1) is 0 Å². The average molecular weight is 423 g/mol. The Kier molecular flexibility index (Phi) is 18.2. The lowest BCUT2D eigenvalue weighted by molar-refractivity contribution is -0.146. The summed E-state index contributed by atoms with van der Waals surface area (Å²) in [7, 11) is 0. The van der Waals surface area contributed by atoms with Crippen molar-refractivity contribution in [3.63, 3.8) is 0 Å². The van der Waals surface area contributed by atoms with E-state index >= 15 is 0 Å². The van der Waals surface area contributed by atoms with Crippen LogP contribution in [-0.2, 0) is 14.3 Å². The summed E-state index contributed by atoms with van der Waals surface area (Å²) in [6.07, 6.45) is 27.9. The molecule has 0 heterocycles. The highest BCUT2D eigenvalue weighted by Gasteiger charge is 2.23. The predicted molar refractivity (Wildman–Crippen MR) is 128 cm³/mol. The third-order valence-corrected chi connectivity index (χ3v) is 6.42. The van der Waals surface area contributed by atoms with Gasteiger partial charge in [-0.15, -0.1) is 0 Å². The van der Waals surface area contributed by atoms with Gasteiger partial charge in [0.2, 0.25) is 0 Å². The molecule has 3 nitrogen and oxygen atoms in total. The summed E-state index contributed by atoms with van der Waals surface area (Å²) < 4.78 is 11.3. The second-order valence-corrected chi connectivity index (χ2v) is 9.21. The van der Waals surface area contributed by atoms with E-state index < -0.39 is 0 Å². The van der Waals surface area contributed by atoms with Crippen molar-refractivity contribution in [3.8, 4) is 0 Å². The van der Waals surface area contributed by atoms with Crippen LogP contribution in [0.4, 0.5) is 0 Å². The summed E-state index contributed by atoms with van der Waals surface area (Å²) in [4.78, 5) is 11.2. The maximum absolute atomic E-state index is 11.2. The zero-order valence-electron chi connectivity index (χ0n) is 20.0. The highest BCUT2D eigenvalue weighted by molar-refractivity contribution is 5.81. The van der Waals surface area contributed by atoms with Crippen molar-refractivity contribution < 1.29 is 14.3 Å². The molecule has 30 heavy (non-hydrogen) atoms. The molecule has 0 aliphatic heterocycles. The Morgan fingerprint density at radius 3 is 1.53 bits per heavy atom. The van der Waals surface area contributed by atoms with Crippen molar-refractivity contribution in [2.45, 2.75) is 148 Å². The van der Waals surface area contributed by atoms with E-state index in [0.29, 0.717) is 6.10 Å². The maximum Gasteiger partial charge on any atom is 0.330 e. The third kappa shape index (κ3) is 15.9. The molecule has 0 unspecified atom stereocenters. The smallest absolute Gasteiger partial charge is 0.330 e. The SMILES string of the molecule is C=CC(=O)OC1CCC(OCCCCCCCCCCCCCCCCCC)CC1. The predicted octanol–water partition coefficient (Wildman–Crippen LogP) is 8.30. The van der Waals surface area contributed by atoms with Crippen molar-refractivity contribution in [2.24, 2.45) is 0 Å². The molecule has 0 aromatic heterocycles. The van der Waals surface area contributed by atoms with E-state index in [1.807, 2.05) is 0 Å². The van der Waals surface area contributed by atoms with Gasteiger partial charge in [-0.05, 0) is 32.1 Å². The Balaban J connectivity index is 1.75. The van der Waals surface area contributed by atoms with E-state index in [0.717, 1.165) is 32.3 Å². The standard InChI is InChI=1S/C27H50O3/c1-3-5-6-7-8-9-10-11-12-13-14-15-16-17-18-19-24-29-25-20-22-26(23-21-25)30-27(28)4-2/h4,25-26H,2-3,5-24H2,1H3. The first kappa shape index (κ1) is 27.2. The summed E-state index contributed by atoms with van der Waals surface area (Å²) in [5, 5.41) is 0. The summed E-state index contributed by atoms with van der Waals surface area (Å²) in [5.74, 6) is -0.299. The summed E-state index contributed by atoms with van der Waals surface area (Å²) in [5.41, 5.74) is 0. The summed E-state index contributed by atoms with van der Waals surface area (Å²) in [6, 6.07) is 0. The van der Waals surface area contributed by atoms with Crippen molar-refractivity contribution >= 4 is 5.97 Å². The second kappa shape index (κ2) is 20.1. The van der Waals surface area contributed by atoms with Gasteiger partial charge < -0.3 is 9.47 Å². The van der Waals surface area contributed by atoms with Crippen LogP contribution in [0.1, 0.15) is 135 Å². The maximum atomic E-state index is 11.2. The molecule has 0 aromatic carbocycles. The first-order valence-corrected chi connectivity index (χ1v) is 13.2. The Labute approximate surface area is 187 Å². The first-order chi connectivity index (χ1) is 14.8. The molecule has 0 amide bonds. The molecule has 1 saturated carbocycles. The monoisotopic (exact) mass is 422 g/mol. The lowest BCUT2D eigenvalue weighted by Gasteiger charge is -2.28. The minimum Gasteiger partial charge on any atom is -0.459 e. The minimum atomic E-state index is -0.299. The van der Waals surface area contributed by atoms with Crippen LogP contribution < -0.4 is 0 Å². The fraction of sp³-hybridized carbons (Fsp3) is 0.889. The van der Waals surface area contributed by atoms with Crippen LogP contribution in [-0.4, -0.2) is 24.8 Å². The lowest BCUT2D eigenvalue weighted by Crippen LogP contribution is -2.28. The van der Waals surface area contributed by atoms with Crippen molar-refractivity contribution in [1.29, 1.82) is 0 Å². The summed E-state index contributed by atoms with van der Waals surface area (Å²) >= 11 is 0. The second-order valence-electron chi connectivity index (χ2n) is 9.21. The molecule has 0 atom stereocenters. The first-order valence-electron chi connectivity index (χ1n) is 13.2. The molecule has 1 aliphatic rings. The Morgan fingerprint density at radius 1 is 0.700 bits per heavy atom. The van der Waals surface area contributed by atoms with E-state index in [1.54, 1.807) is 0 Å². The highest BCUT2D eigenvalue weighted by Crippen LogP contribution is 2.24. The molecule has 0 bridgehead atoms. The van der Waals surface area contributed by atoms with Crippen LogP contribution in [0.5, 0.6) is 0 Å². The van der Waals surface area contributed by atoms with E-state index in [1.165, 1.54) is 109 Å². The normalized spacial score (nSPS) is 19.0. The molecule has 0 radical (unpaired) electrons. The van der Waals surface area contributed by atoms with Crippen LogP contribution in [0.15, 0.2) is 12.7 Å². The molecule has 176 valence electrons. The molecule has 1 rings (SSSR count). The van der Waals surface area contributed by atoms with Crippen LogP contribution in [0.25, 0.3) is 0 Å². The van der Waals surface area contributed by atoms with Gasteiger partial charge in [0.05, 0.1) is 6.10 Å². The van der Waals surface area contributed by atoms with Gasteiger partial charge in [-0.1, -0.05) is 110 Å². The fourth-order valence-electron chi connectivity index (χ4n) is 4.43. The number of esters is 1. The third-order valence-electron chi connectivity index (χ3n) is 6.42. The lowest BCUT2D eigenvalue weighted by atomic mass is 9.95. The van der Waals surface area contributed by atoms with Gasteiger partial charge in [-0.3, -0.25) is 0 Å². The molecular weight excluding hydrogens is 372 g/mol. The van der Waals surface area contributed by atoms with Crippen molar-refractivity contribution in [1.82, 2.24) is 0 Å². The van der Waals surface area contributed by atoms with Gasteiger partial charge in [-0.2, -0.15) is 0 Å².